The molecular formula is C6H12ClNO2. The van der Waals surface area contributed by atoms with Gasteiger partial charge in [0.25, 0.3) is 0 Å². The predicted molar refractivity (Wildman–Crippen MR) is 41.1 cm³/mol. The van der Waals surface area contributed by atoms with Gasteiger partial charge in [-0.25, -0.2) is 0 Å². The van der Waals surface area contributed by atoms with Crippen molar-refractivity contribution in [2.75, 3.05) is 6.61 Å². The van der Waals surface area contributed by atoms with E-state index in [1.165, 1.54) is 0 Å². The summed E-state index contributed by atoms with van der Waals surface area (Å²) in [7, 11) is 0. The van der Waals surface area contributed by atoms with Crippen LogP contribution in [-0.2, 0) is 4.74 Å². The number of hydrogen-bond acceptors (Lipinski definition) is 3. The molecule has 0 aromatic rings. The van der Waals surface area contributed by atoms with Crippen molar-refractivity contribution in [3.8, 4) is 0 Å². The molecule has 1 atom stereocenters. The van der Waals surface area contributed by atoms with Crippen LogP contribution in [0.1, 0.15) is 20.8 Å². The summed E-state index contributed by atoms with van der Waals surface area (Å²) in [5.74, 6) is 0. The van der Waals surface area contributed by atoms with Crippen LogP contribution in [0.3, 0.4) is 0 Å². The summed E-state index contributed by atoms with van der Waals surface area (Å²) in [6, 6.07) is 0. The summed E-state index contributed by atoms with van der Waals surface area (Å²) < 4.78 is 4.97. The topological polar surface area (TPSA) is 38.7 Å². The highest BCUT2D eigenvalue weighted by molar-refractivity contribution is 6.20. The van der Waals surface area contributed by atoms with Crippen LogP contribution in [0.25, 0.3) is 0 Å². The summed E-state index contributed by atoms with van der Waals surface area (Å²) in [6.07, 6.45) is 0. The van der Waals surface area contributed by atoms with Gasteiger partial charge in [0.1, 0.15) is 5.54 Å². The highest BCUT2D eigenvalue weighted by atomic mass is 35.5. The van der Waals surface area contributed by atoms with Crippen LogP contribution in [0, 0.1) is 4.91 Å². The molecule has 0 rings (SSSR count). The summed E-state index contributed by atoms with van der Waals surface area (Å²) in [5, 5.41) is 2.83. The van der Waals surface area contributed by atoms with E-state index in [0.29, 0.717) is 6.61 Å². The van der Waals surface area contributed by atoms with Crippen LogP contribution in [0.2, 0.25) is 0 Å². The van der Waals surface area contributed by atoms with E-state index in [0.717, 1.165) is 0 Å². The predicted octanol–water partition coefficient (Wildman–Crippen LogP) is 2.13. The van der Waals surface area contributed by atoms with Gasteiger partial charge in [0, 0.05) is 6.61 Å². The fraction of sp³-hybridized carbons (Fsp3) is 1.00. The zero-order chi connectivity index (χ0) is 8.20. The fourth-order valence-electron chi connectivity index (χ4n) is 0.392. The Labute approximate surface area is 65.7 Å². The Morgan fingerprint density at radius 1 is 1.70 bits per heavy atom. The second-order valence-electron chi connectivity index (χ2n) is 2.52. The van der Waals surface area contributed by atoms with Crippen molar-refractivity contribution in [1.82, 2.24) is 0 Å². The summed E-state index contributed by atoms with van der Waals surface area (Å²) in [4.78, 5) is 10.1. The van der Waals surface area contributed by atoms with Gasteiger partial charge in [0.15, 0.2) is 5.56 Å². The molecule has 4 heteroatoms. The molecule has 0 aromatic heterocycles. The third-order valence-corrected chi connectivity index (χ3v) is 1.76. The molecule has 0 amide bonds. The molecule has 10 heavy (non-hydrogen) atoms. The van der Waals surface area contributed by atoms with Crippen LogP contribution in [0.15, 0.2) is 5.18 Å². The van der Waals surface area contributed by atoms with Crippen molar-refractivity contribution in [2.24, 2.45) is 5.18 Å². The normalized spacial score (nSPS) is 14.8. The maximum atomic E-state index is 10.1. The Morgan fingerprint density at radius 3 is 2.50 bits per heavy atom. The van der Waals surface area contributed by atoms with Crippen molar-refractivity contribution in [3.05, 3.63) is 4.91 Å². The minimum atomic E-state index is -0.836. The molecule has 0 aliphatic carbocycles. The number of nitroso groups, excluding NO2 is 1. The molecule has 0 heterocycles. The lowest BCUT2D eigenvalue weighted by Crippen LogP contribution is -2.31. The third kappa shape index (κ3) is 2.62. The standard InChI is InChI=1S/C6H12ClNO2/c1-4-10-5(7)6(2,3)8-9/h5H,4H2,1-3H3. The molecule has 0 aliphatic rings. The fourth-order valence-corrected chi connectivity index (χ4v) is 0.558. The first-order valence-electron chi connectivity index (χ1n) is 3.14. The summed E-state index contributed by atoms with van der Waals surface area (Å²) >= 11 is 5.66. The molecule has 60 valence electrons. The van der Waals surface area contributed by atoms with E-state index in [4.69, 9.17) is 16.3 Å². The zero-order valence-corrected chi connectivity index (χ0v) is 7.18. The Kier molecular flexibility index (Phi) is 3.83. The molecule has 0 aromatic carbocycles. The van der Waals surface area contributed by atoms with Crippen LogP contribution in [0.4, 0.5) is 0 Å². The lowest BCUT2D eigenvalue weighted by atomic mass is 10.1. The molecule has 0 aliphatic heterocycles. The quantitative estimate of drug-likeness (QED) is 0.473. The maximum absolute atomic E-state index is 10.1. The van der Waals surface area contributed by atoms with Gasteiger partial charge >= 0.3 is 0 Å². The van der Waals surface area contributed by atoms with Gasteiger partial charge in [-0.2, -0.15) is 4.91 Å². The van der Waals surface area contributed by atoms with E-state index in [1.54, 1.807) is 13.8 Å². The summed E-state index contributed by atoms with van der Waals surface area (Å²) in [6.45, 7) is 5.57. The monoisotopic (exact) mass is 165 g/mol. The number of rotatable bonds is 4. The van der Waals surface area contributed by atoms with Crippen molar-refractivity contribution < 1.29 is 4.74 Å². The smallest absolute Gasteiger partial charge is 0.159 e. The first-order chi connectivity index (χ1) is 4.54. The molecular weight excluding hydrogens is 154 g/mol. The number of ether oxygens (including phenoxy) is 1. The largest absolute Gasteiger partial charge is 0.360 e. The van der Waals surface area contributed by atoms with Crippen LogP contribution >= 0.6 is 11.6 Å². The van der Waals surface area contributed by atoms with E-state index in [9.17, 15) is 4.91 Å². The van der Waals surface area contributed by atoms with E-state index in [-0.39, 0.29) is 0 Å². The number of halogens is 1. The lowest BCUT2D eigenvalue weighted by molar-refractivity contribution is 0.0756. The van der Waals surface area contributed by atoms with Crippen molar-refractivity contribution in [3.63, 3.8) is 0 Å². The van der Waals surface area contributed by atoms with Gasteiger partial charge in [0.05, 0.1) is 0 Å². The zero-order valence-electron chi connectivity index (χ0n) is 6.43. The molecule has 0 bridgehead atoms. The van der Waals surface area contributed by atoms with Crippen LogP contribution in [0.5, 0.6) is 0 Å². The van der Waals surface area contributed by atoms with Crippen molar-refractivity contribution >= 4 is 11.6 Å². The van der Waals surface area contributed by atoms with Crippen molar-refractivity contribution in [2.45, 2.75) is 31.9 Å². The molecule has 0 saturated carbocycles. The first-order valence-corrected chi connectivity index (χ1v) is 3.58. The molecule has 0 radical (unpaired) electrons. The lowest BCUT2D eigenvalue weighted by Gasteiger charge is -2.20. The molecule has 0 N–H and O–H groups in total. The van der Waals surface area contributed by atoms with Gasteiger partial charge in [-0.1, -0.05) is 16.8 Å². The molecule has 0 saturated heterocycles. The SMILES string of the molecule is CCOC(Cl)C(C)(C)N=O. The average molecular weight is 166 g/mol. The van der Waals surface area contributed by atoms with Gasteiger partial charge in [-0.15, -0.1) is 0 Å². The van der Waals surface area contributed by atoms with Gasteiger partial charge < -0.3 is 4.74 Å². The van der Waals surface area contributed by atoms with E-state index in [2.05, 4.69) is 5.18 Å². The minimum Gasteiger partial charge on any atom is -0.360 e. The van der Waals surface area contributed by atoms with Gasteiger partial charge in [-0.3, -0.25) is 0 Å². The Balaban J connectivity index is 3.90. The number of alkyl halides is 1. The summed E-state index contributed by atoms with van der Waals surface area (Å²) in [5.41, 5.74) is -1.47. The van der Waals surface area contributed by atoms with E-state index in [1.807, 2.05) is 6.92 Å². The molecule has 0 spiro atoms. The van der Waals surface area contributed by atoms with Gasteiger partial charge in [0.2, 0.25) is 0 Å². The van der Waals surface area contributed by atoms with Crippen molar-refractivity contribution in [1.29, 1.82) is 0 Å². The second kappa shape index (κ2) is 3.88. The molecule has 3 nitrogen and oxygen atoms in total. The highest BCUT2D eigenvalue weighted by Crippen LogP contribution is 2.20. The van der Waals surface area contributed by atoms with E-state index >= 15 is 0 Å². The second-order valence-corrected chi connectivity index (χ2v) is 2.91. The highest BCUT2D eigenvalue weighted by Gasteiger charge is 2.29. The van der Waals surface area contributed by atoms with E-state index < -0.39 is 11.1 Å². The molecule has 1 unspecified atom stereocenters. The first kappa shape index (κ1) is 9.85. The third-order valence-electron chi connectivity index (χ3n) is 1.10. The Bertz CT molecular complexity index is 116. The van der Waals surface area contributed by atoms with Crippen LogP contribution < -0.4 is 0 Å². The van der Waals surface area contributed by atoms with Gasteiger partial charge in [-0.05, 0) is 20.8 Å². The Hall–Kier alpha value is -0.150. The Morgan fingerprint density at radius 2 is 2.20 bits per heavy atom. The maximum Gasteiger partial charge on any atom is 0.159 e. The number of nitrogens with zero attached hydrogens (tertiary/aromatic N) is 1. The average Bonchev–Trinajstić information content (AvgIpc) is 1.89. The number of hydrogen-bond donors (Lipinski definition) is 0. The molecule has 0 fully saturated rings. The van der Waals surface area contributed by atoms with Crippen LogP contribution in [-0.4, -0.2) is 17.7 Å². The minimum absolute atomic E-state index is 0.493.